The van der Waals surface area contributed by atoms with E-state index in [9.17, 15) is 14.4 Å². The van der Waals surface area contributed by atoms with E-state index in [-0.39, 0.29) is 29.5 Å². The van der Waals surface area contributed by atoms with Crippen LogP contribution in [0.4, 0.5) is 0 Å². The number of ether oxygens (including phenoxy) is 4. The molecule has 0 radical (unpaired) electrons. The first-order chi connectivity index (χ1) is 13.3. The number of rotatable bonds is 10. The molecular formula is C19H28N2O7. The zero-order chi connectivity index (χ0) is 21.3. The van der Waals surface area contributed by atoms with E-state index < -0.39 is 18.5 Å². The van der Waals surface area contributed by atoms with E-state index >= 15 is 0 Å². The van der Waals surface area contributed by atoms with Gasteiger partial charge in [-0.2, -0.15) is 0 Å². The van der Waals surface area contributed by atoms with E-state index in [1.807, 2.05) is 13.8 Å². The highest BCUT2D eigenvalue weighted by Gasteiger charge is 2.23. The molecule has 0 unspecified atom stereocenters. The van der Waals surface area contributed by atoms with Gasteiger partial charge in [0, 0.05) is 20.1 Å². The van der Waals surface area contributed by atoms with Crippen molar-refractivity contribution in [3.05, 3.63) is 17.7 Å². The minimum Gasteiger partial charge on any atom is -0.493 e. The lowest BCUT2D eigenvalue weighted by atomic mass is 10.1. The summed E-state index contributed by atoms with van der Waals surface area (Å²) in [6.45, 7) is 4.26. The Morgan fingerprint density at radius 2 is 1.50 bits per heavy atom. The predicted octanol–water partition coefficient (Wildman–Crippen LogP) is 1.20. The first-order valence-electron chi connectivity index (χ1n) is 8.82. The summed E-state index contributed by atoms with van der Waals surface area (Å²) in [4.78, 5) is 39.5. The highest BCUT2D eigenvalue weighted by molar-refractivity contribution is 5.95. The smallest absolute Gasteiger partial charge is 0.342 e. The topological polar surface area (TPSA) is 94.6 Å². The zero-order valence-electron chi connectivity index (χ0n) is 17.2. The highest BCUT2D eigenvalue weighted by atomic mass is 16.5. The Labute approximate surface area is 165 Å². The van der Waals surface area contributed by atoms with Crippen molar-refractivity contribution in [2.75, 3.05) is 54.6 Å². The normalized spacial score (nSPS) is 10.1. The van der Waals surface area contributed by atoms with Gasteiger partial charge < -0.3 is 28.7 Å². The largest absolute Gasteiger partial charge is 0.493 e. The number of benzene rings is 1. The molecule has 0 aliphatic heterocycles. The number of methoxy groups -OCH3 is 3. The van der Waals surface area contributed by atoms with Crippen LogP contribution >= 0.6 is 0 Å². The number of amides is 2. The number of nitrogens with zero attached hydrogens (tertiary/aromatic N) is 2. The van der Waals surface area contributed by atoms with Gasteiger partial charge in [-0.3, -0.25) is 9.59 Å². The van der Waals surface area contributed by atoms with Crippen molar-refractivity contribution in [1.29, 1.82) is 0 Å². The number of carbonyl (C=O) groups is 3. The fraction of sp³-hybridized carbons (Fsp3) is 0.526. The van der Waals surface area contributed by atoms with Crippen LogP contribution in [0.2, 0.25) is 0 Å². The third kappa shape index (κ3) is 5.51. The number of hydrogen-bond donors (Lipinski definition) is 0. The molecule has 0 fully saturated rings. The first-order valence-corrected chi connectivity index (χ1v) is 8.82. The van der Waals surface area contributed by atoms with Crippen LogP contribution in [0.25, 0.3) is 0 Å². The van der Waals surface area contributed by atoms with Crippen molar-refractivity contribution in [3.8, 4) is 17.2 Å². The molecule has 156 valence electrons. The minimum absolute atomic E-state index is 0.0856. The number of esters is 1. The van der Waals surface area contributed by atoms with Crippen molar-refractivity contribution in [1.82, 2.24) is 9.80 Å². The van der Waals surface area contributed by atoms with Crippen molar-refractivity contribution < 1.29 is 33.3 Å². The SMILES string of the molecule is CCN(CC)C(=O)CN(C)C(=O)COC(=O)c1ccc(OC)c(OC)c1OC. The van der Waals surface area contributed by atoms with Gasteiger partial charge in [0.15, 0.2) is 18.1 Å². The molecule has 0 N–H and O–H groups in total. The fourth-order valence-electron chi connectivity index (χ4n) is 2.54. The van der Waals surface area contributed by atoms with Gasteiger partial charge in [-0.05, 0) is 26.0 Å². The number of hydrogen-bond acceptors (Lipinski definition) is 7. The highest BCUT2D eigenvalue weighted by Crippen LogP contribution is 2.39. The third-order valence-corrected chi connectivity index (χ3v) is 4.17. The molecule has 0 aromatic heterocycles. The van der Waals surface area contributed by atoms with Crippen LogP contribution in [-0.4, -0.2) is 82.2 Å². The van der Waals surface area contributed by atoms with E-state index in [0.717, 1.165) is 0 Å². The second-order valence-electron chi connectivity index (χ2n) is 5.77. The molecule has 0 heterocycles. The van der Waals surface area contributed by atoms with E-state index in [0.29, 0.717) is 18.8 Å². The van der Waals surface area contributed by atoms with Gasteiger partial charge in [-0.25, -0.2) is 4.79 Å². The summed E-state index contributed by atoms with van der Waals surface area (Å²) >= 11 is 0. The summed E-state index contributed by atoms with van der Waals surface area (Å²) in [7, 11) is 5.74. The zero-order valence-corrected chi connectivity index (χ0v) is 17.2. The summed E-state index contributed by atoms with van der Waals surface area (Å²) in [5, 5.41) is 0. The summed E-state index contributed by atoms with van der Waals surface area (Å²) < 4.78 is 20.7. The van der Waals surface area contributed by atoms with Gasteiger partial charge in [0.1, 0.15) is 5.56 Å². The summed E-state index contributed by atoms with van der Waals surface area (Å²) in [5.41, 5.74) is 0.0924. The Kier molecular flexibility index (Phi) is 9.07. The van der Waals surface area contributed by atoms with Crippen molar-refractivity contribution in [2.45, 2.75) is 13.8 Å². The molecule has 0 saturated heterocycles. The third-order valence-electron chi connectivity index (χ3n) is 4.17. The molecule has 1 aromatic carbocycles. The molecule has 0 bridgehead atoms. The lowest BCUT2D eigenvalue weighted by molar-refractivity contribution is -0.140. The van der Waals surface area contributed by atoms with Crippen molar-refractivity contribution in [3.63, 3.8) is 0 Å². The van der Waals surface area contributed by atoms with Crippen LogP contribution in [-0.2, 0) is 14.3 Å². The van der Waals surface area contributed by atoms with Gasteiger partial charge >= 0.3 is 5.97 Å². The summed E-state index contributed by atoms with van der Waals surface area (Å²) in [6, 6.07) is 3.00. The Balaban J connectivity index is 2.79. The fourth-order valence-corrected chi connectivity index (χ4v) is 2.54. The Morgan fingerprint density at radius 1 is 0.893 bits per heavy atom. The predicted molar refractivity (Wildman–Crippen MR) is 102 cm³/mol. The van der Waals surface area contributed by atoms with E-state index in [4.69, 9.17) is 18.9 Å². The van der Waals surface area contributed by atoms with E-state index in [1.165, 1.54) is 45.4 Å². The monoisotopic (exact) mass is 396 g/mol. The first kappa shape index (κ1) is 23.1. The van der Waals surface area contributed by atoms with E-state index in [1.54, 1.807) is 4.90 Å². The average Bonchev–Trinajstić information content (AvgIpc) is 2.70. The second-order valence-corrected chi connectivity index (χ2v) is 5.77. The second kappa shape index (κ2) is 11.0. The average molecular weight is 396 g/mol. The van der Waals surface area contributed by atoms with Crippen molar-refractivity contribution >= 4 is 17.8 Å². The molecule has 0 saturated carbocycles. The number of likely N-dealkylation sites (N-methyl/N-ethyl adjacent to an activating group) is 2. The van der Waals surface area contributed by atoms with Gasteiger partial charge in [0.25, 0.3) is 5.91 Å². The van der Waals surface area contributed by atoms with E-state index in [2.05, 4.69) is 0 Å². The summed E-state index contributed by atoms with van der Waals surface area (Å²) in [6.07, 6.45) is 0. The van der Waals surface area contributed by atoms with Crippen LogP contribution in [0.15, 0.2) is 12.1 Å². The molecule has 0 atom stereocenters. The van der Waals surface area contributed by atoms with Crippen LogP contribution < -0.4 is 14.2 Å². The maximum absolute atomic E-state index is 12.4. The molecular weight excluding hydrogens is 368 g/mol. The van der Waals surface area contributed by atoms with Gasteiger partial charge in [0.05, 0.1) is 27.9 Å². The molecule has 0 spiro atoms. The maximum atomic E-state index is 12.4. The van der Waals surface area contributed by atoms with Crippen molar-refractivity contribution in [2.24, 2.45) is 0 Å². The molecule has 0 aliphatic rings. The van der Waals surface area contributed by atoms with Crippen LogP contribution in [0.5, 0.6) is 17.2 Å². The van der Waals surface area contributed by atoms with Crippen LogP contribution in [0.1, 0.15) is 24.2 Å². The minimum atomic E-state index is -0.755. The quantitative estimate of drug-likeness (QED) is 0.549. The van der Waals surface area contributed by atoms with Gasteiger partial charge in [0.2, 0.25) is 11.7 Å². The lowest BCUT2D eigenvalue weighted by Crippen LogP contribution is -2.42. The molecule has 9 heteroatoms. The summed E-state index contributed by atoms with van der Waals surface area (Å²) in [5.74, 6) is -0.643. The van der Waals surface area contributed by atoms with Crippen LogP contribution in [0.3, 0.4) is 0 Å². The maximum Gasteiger partial charge on any atom is 0.342 e. The molecule has 0 aliphatic carbocycles. The lowest BCUT2D eigenvalue weighted by Gasteiger charge is -2.23. The molecule has 9 nitrogen and oxygen atoms in total. The Bertz CT molecular complexity index is 702. The Morgan fingerprint density at radius 3 is 2.00 bits per heavy atom. The molecule has 28 heavy (non-hydrogen) atoms. The molecule has 1 aromatic rings. The van der Waals surface area contributed by atoms with Gasteiger partial charge in [-0.15, -0.1) is 0 Å². The molecule has 1 rings (SSSR count). The standard InChI is InChI=1S/C19H28N2O7/c1-7-21(8-2)15(22)11-20(3)16(23)12-28-19(24)13-9-10-14(25-4)18(27-6)17(13)26-5/h9-10H,7-8,11-12H2,1-6H3. The number of carbonyl (C=O) groups excluding carboxylic acids is 3. The van der Waals surface area contributed by atoms with Gasteiger partial charge in [-0.1, -0.05) is 0 Å². The Hall–Kier alpha value is -2.97. The van der Waals surface area contributed by atoms with Crippen LogP contribution in [0, 0.1) is 0 Å². The molecule has 2 amide bonds.